The fourth-order valence-corrected chi connectivity index (χ4v) is 1.02. The van der Waals surface area contributed by atoms with E-state index in [4.69, 9.17) is 15.6 Å². The largest absolute Gasteiger partial charge is 0.465 e. The molecule has 84 valence electrons. The van der Waals surface area contributed by atoms with Crippen LogP contribution in [-0.4, -0.2) is 39.3 Å². The van der Waals surface area contributed by atoms with Gasteiger partial charge in [-0.1, -0.05) is 5.21 Å². The van der Waals surface area contributed by atoms with Crippen molar-refractivity contribution < 1.29 is 14.6 Å². The molecule has 1 atom stereocenters. The van der Waals surface area contributed by atoms with Crippen LogP contribution >= 0.6 is 0 Å². The van der Waals surface area contributed by atoms with E-state index in [2.05, 4.69) is 10.3 Å². The summed E-state index contributed by atoms with van der Waals surface area (Å²) >= 11 is 0. The van der Waals surface area contributed by atoms with Gasteiger partial charge in [-0.05, 0) is 6.92 Å². The molecule has 0 aliphatic heterocycles. The molecule has 0 aliphatic carbocycles. The van der Waals surface area contributed by atoms with Gasteiger partial charge >= 0.3 is 5.97 Å². The van der Waals surface area contributed by atoms with Crippen LogP contribution in [0.3, 0.4) is 0 Å². The van der Waals surface area contributed by atoms with Crippen LogP contribution in [-0.2, 0) is 16.1 Å². The minimum atomic E-state index is -0.919. The van der Waals surface area contributed by atoms with E-state index in [-0.39, 0.29) is 13.2 Å². The van der Waals surface area contributed by atoms with Crippen LogP contribution < -0.4 is 5.73 Å². The number of aliphatic hydroxyl groups excluding tert-OH is 1. The first kappa shape index (κ1) is 11.6. The Morgan fingerprint density at radius 1 is 1.80 bits per heavy atom. The van der Waals surface area contributed by atoms with Crippen molar-refractivity contribution in [1.29, 1.82) is 0 Å². The van der Waals surface area contributed by atoms with Gasteiger partial charge in [0.25, 0.3) is 0 Å². The third kappa shape index (κ3) is 3.00. The molecule has 0 fully saturated rings. The zero-order chi connectivity index (χ0) is 11.3. The summed E-state index contributed by atoms with van der Waals surface area (Å²) in [7, 11) is 0. The lowest BCUT2D eigenvalue weighted by molar-refractivity contribution is -0.144. The first-order valence-corrected chi connectivity index (χ1v) is 4.62. The minimum absolute atomic E-state index is 0.0442. The van der Waals surface area contributed by atoms with Gasteiger partial charge in [0.15, 0.2) is 0 Å². The molecule has 0 radical (unpaired) electrons. The molecule has 0 saturated carbocycles. The maximum absolute atomic E-state index is 11.2. The second-order valence-electron chi connectivity index (χ2n) is 2.86. The molecule has 1 unspecified atom stereocenters. The van der Waals surface area contributed by atoms with Crippen molar-refractivity contribution in [2.24, 2.45) is 5.73 Å². The van der Waals surface area contributed by atoms with Crippen LogP contribution in [0.4, 0.5) is 0 Å². The van der Waals surface area contributed by atoms with E-state index in [9.17, 15) is 4.79 Å². The lowest BCUT2D eigenvalue weighted by Gasteiger charge is -2.06. The molecule has 1 aromatic rings. The van der Waals surface area contributed by atoms with Crippen molar-refractivity contribution in [3.63, 3.8) is 0 Å². The highest BCUT2D eigenvalue weighted by molar-refractivity contribution is 5.76. The smallest absolute Gasteiger partial charge is 0.329 e. The molecule has 0 amide bonds. The predicted molar refractivity (Wildman–Crippen MR) is 50.7 cm³/mol. The van der Waals surface area contributed by atoms with E-state index in [0.29, 0.717) is 12.2 Å². The Balaban J connectivity index is 2.64. The fourth-order valence-electron chi connectivity index (χ4n) is 1.02. The Morgan fingerprint density at radius 3 is 3.13 bits per heavy atom. The maximum Gasteiger partial charge on any atom is 0.329 e. The number of carbonyl (C=O) groups is 1. The van der Waals surface area contributed by atoms with Crippen molar-refractivity contribution in [2.75, 3.05) is 13.2 Å². The normalized spacial score (nSPS) is 12.5. The predicted octanol–water partition coefficient (Wildman–Crippen LogP) is -1.17. The monoisotopic (exact) mass is 214 g/mol. The molecule has 15 heavy (non-hydrogen) atoms. The fraction of sp³-hybridized carbons (Fsp3) is 0.625. The number of carbonyl (C=O) groups excluding carboxylic acids is 1. The van der Waals surface area contributed by atoms with E-state index in [1.165, 1.54) is 10.9 Å². The molecule has 3 N–H and O–H groups in total. The molecule has 1 aromatic heterocycles. The van der Waals surface area contributed by atoms with Crippen molar-refractivity contribution in [1.82, 2.24) is 15.0 Å². The summed E-state index contributed by atoms with van der Waals surface area (Å²) in [6.07, 6.45) is 1.51. The van der Waals surface area contributed by atoms with Crippen LogP contribution in [0.2, 0.25) is 0 Å². The number of nitrogens with two attached hydrogens (primary N) is 1. The number of hydrogen-bond acceptors (Lipinski definition) is 6. The maximum atomic E-state index is 11.2. The summed E-state index contributed by atoms with van der Waals surface area (Å²) in [6.45, 7) is 2.25. The Kier molecular flexibility index (Phi) is 4.19. The summed E-state index contributed by atoms with van der Waals surface area (Å²) < 4.78 is 6.15. The number of nitrogens with zero attached hydrogens (tertiary/aromatic N) is 3. The third-order valence-electron chi connectivity index (χ3n) is 1.74. The number of esters is 1. The molecular weight excluding hydrogens is 200 g/mol. The van der Waals surface area contributed by atoms with E-state index in [0.717, 1.165) is 0 Å². The SMILES string of the molecule is CCOC(=O)C(N)c1cn(CCO)nn1. The molecule has 0 aliphatic rings. The Morgan fingerprint density at radius 2 is 2.53 bits per heavy atom. The van der Waals surface area contributed by atoms with Gasteiger partial charge in [0.1, 0.15) is 11.7 Å². The van der Waals surface area contributed by atoms with Gasteiger partial charge in [-0.3, -0.25) is 0 Å². The van der Waals surface area contributed by atoms with E-state index < -0.39 is 12.0 Å². The Bertz CT molecular complexity index is 325. The lowest BCUT2D eigenvalue weighted by Crippen LogP contribution is -2.24. The van der Waals surface area contributed by atoms with Gasteiger partial charge in [0, 0.05) is 0 Å². The van der Waals surface area contributed by atoms with E-state index in [1.807, 2.05) is 0 Å². The number of aliphatic hydroxyl groups is 1. The zero-order valence-electron chi connectivity index (χ0n) is 8.46. The highest BCUT2D eigenvalue weighted by Crippen LogP contribution is 2.07. The summed E-state index contributed by atoms with van der Waals surface area (Å²) in [5.74, 6) is -0.534. The molecule has 0 spiro atoms. The van der Waals surface area contributed by atoms with E-state index >= 15 is 0 Å². The van der Waals surface area contributed by atoms with Crippen LogP contribution in [0.25, 0.3) is 0 Å². The van der Waals surface area contributed by atoms with Crippen molar-refractivity contribution >= 4 is 5.97 Å². The number of hydrogen-bond donors (Lipinski definition) is 2. The van der Waals surface area contributed by atoms with Gasteiger partial charge in [-0.15, -0.1) is 5.10 Å². The number of rotatable bonds is 5. The molecule has 0 bridgehead atoms. The Labute approximate surface area is 86.8 Å². The minimum Gasteiger partial charge on any atom is -0.465 e. The lowest BCUT2D eigenvalue weighted by atomic mass is 10.2. The molecule has 0 aromatic carbocycles. The standard InChI is InChI=1S/C8H14N4O3/c1-2-15-8(14)7(9)6-5-12(3-4-13)11-10-6/h5,7,13H,2-4,9H2,1H3. The first-order chi connectivity index (χ1) is 7.19. The van der Waals surface area contributed by atoms with Crippen LogP contribution in [0, 0.1) is 0 Å². The summed E-state index contributed by atoms with van der Waals surface area (Å²) in [5, 5.41) is 16.1. The van der Waals surface area contributed by atoms with Crippen molar-refractivity contribution in [2.45, 2.75) is 19.5 Å². The summed E-state index contributed by atoms with van der Waals surface area (Å²) in [4.78, 5) is 11.2. The average Bonchev–Trinajstić information content (AvgIpc) is 2.66. The van der Waals surface area contributed by atoms with Crippen molar-refractivity contribution in [3.8, 4) is 0 Å². The second kappa shape index (κ2) is 5.42. The topological polar surface area (TPSA) is 103 Å². The second-order valence-corrected chi connectivity index (χ2v) is 2.86. The van der Waals surface area contributed by atoms with E-state index in [1.54, 1.807) is 6.92 Å². The summed E-state index contributed by atoms with van der Waals surface area (Å²) in [6, 6.07) is -0.919. The first-order valence-electron chi connectivity index (χ1n) is 4.62. The third-order valence-corrected chi connectivity index (χ3v) is 1.74. The zero-order valence-corrected chi connectivity index (χ0v) is 8.46. The van der Waals surface area contributed by atoms with Crippen molar-refractivity contribution in [3.05, 3.63) is 11.9 Å². The number of aromatic nitrogens is 3. The highest BCUT2D eigenvalue weighted by Gasteiger charge is 2.20. The molecule has 0 saturated heterocycles. The van der Waals surface area contributed by atoms with Gasteiger partial charge in [0.2, 0.25) is 0 Å². The average molecular weight is 214 g/mol. The van der Waals surface area contributed by atoms with Gasteiger partial charge < -0.3 is 15.6 Å². The quantitative estimate of drug-likeness (QED) is 0.599. The Hall–Kier alpha value is -1.47. The molecule has 1 heterocycles. The molecular formula is C8H14N4O3. The van der Waals surface area contributed by atoms with Gasteiger partial charge in [-0.2, -0.15) is 0 Å². The summed E-state index contributed by atoms with van der Waals surface area (Å²) in [5.41, 5.74) is 5.92. The van der Waals surface area contributed by atoms with Crippen LogP contribution in [0.1, 0.15) is 18.7 Å². The molecule has 7 heteroatoms. The van der Waals surface area contributed by atoms with Gasteiger partial charge in [0.05, 0.1) is 26.0 Å². The number of ether oxygens (including phenoxy) is 1. The van der Waals surface area contributed by atoms with Gasteiger partial charge in [-0.25, -0.2) is 9.48 Å². The van der Waals surface area contributed by atoms with Crippen LogP contribution in [0.15, 0.2) is 6.20 Å². The highest BCUT2D eigenvalue weighted by atomic mass is 16.5. The molecule has 1 rings (SSSR count). The van der Waals surface area contributed by atoms with Crippen LogP contribution in [0.5, 0.6) is 0 Å². The molecule has 7 nitrogen and oxygen atoms in total.